The van der Waals surface area contributed by atoms with Crippen LogP contribution in [0.1, 0.15) is 24.4 Å². The van der Waals surface area contributed by atoms with Crippen LogP contribution < -0.4 is 5.32 Å². The predicted octanol–water partition coefficient (Wildman–Crippen LogP) is 1.93. The van der Waals surface area contributed by atoms with E-state index >= 15 is 0 Å². The molecule has 1 saturated heterocycles. The van der Waals surface area contributed by atoms with Gasteiger partial charge in [0.1, 0.15) is 6.04 Å². The van der Waals surface area contributed by atoms with E-state index in [9.17, 15) is 13.6 Å². The number of halogens is 2. The molecule has 1 aromatic carbocycles. The fourth-order valence-corrected chi connectivity index (χ4v) is 2.06. The maximum Gasteiger partial charge on any atom is 0.322 e. The summed E-state index contributed by atoms with van der Waals surface area (Å²) in [7, 11) is 1.33. The van der Waals surface area contributed by atoms with Crippen molar-refractivity contribution in [2.75, 3.05) is 7.11 Å². The Balaban J connectivity index is 2.10. The van der Waals surface area contributed by atoms with Crippen LogP contribution in [-0.2, 0) is 9.53 Å². The first-order valence-electron chi connectivity index (χ1n) is 5.40. The third-order valence-corrected chi connectivity index (χ3v) is 2.98. The van der Waals surface area contributed by atoms with E-state index in [2.05, 4.69) is 10.1 Å². The average molecular weight is 241 g/mol. The lowest BCUT2D eigenvalue weighted by molar-refractivity contribution is -0.142. The summed E-state index contributed by atoms with van der Waals surface area (Å²) < 4.78 is 30.5. The van der Waals surface area contributed by atoms with Gasteiger partial charge in [0.05, 0.1) is 7.11 Å². The normalized spacial score (nSPS) is 23.7. The summed E-state index contributed by atoms with van der Waals surface area (Å²) in [6.45, 7) is 0. The second kappa shape index (κ2) is 4.79. The van der Waals surface area contributed by atoms with E-state index in [1.165, 1.54) is 13.2 Å². The van der Waals surface area contributed by atoms with E-state index in [0.29, 0.717) is 18.4 Å². The number of methoxy groups -OCH3 is 1. The lowest BCUT2D eigenvalue weighted by Gasteiger charge is -2.13. The van der Waals surface area contributed by atoms with Crippen LogP contribution in [0, 0.1) is 11.6 Å². The van der Waals surface area contributed by atoms with Crippen LogP contribution in [0.15, 0.2) is 18.2 Å². The number of hydrogen-bond donors (Lipinski definition) is 1. The maximum absolute atomic E-state index is 13.1. The summed E-state index contributed by atoms with van der Waals surface area (Å²) >= 11 is 0. The fraction of sp³-hybridized carbons (Fsp3) is 0.417. The number of carbonyl (C=O) groups is 1. The SMILES string of the molecule is COC(=O)C1CCC(c2ccc(F)c(F)c2)N1. The van der Waals surface area contributed by atoms with Gasteiger partial charge in [-0.15, -0.1) is 0 Å². The summed E-state index contributed by atoms with van der Waals surface area (Å²) in [4.78, 5) is 11.3. The highest BCUT2D eigenvalue weighted by Gasteiger charge is 2.30. The summed E-state index contributed by atoms with van der Waals surface area (Å²) in [5, 5.41) is 3.04. The third kappa shape index (κ3) is 2.44. The molecule has 0 aliphatic carbocycles. The van der Waals surface area contributed by atoms with Gasteiger partial charge >= 0.3 is 5.97 Å². The molecule has 1 aromatic rings. The minimum Gasteiger partial charge on any atom is -0.468 e. The molecule has 1 N–H and O–H groups in total. The second-order valence-electron chi connectivity index (χ2n) is 4.05. The van der Waals surface area contributed by atoms with E-state index < -0.39 is 11.6 Å². The Hall–Kier alpha value is -1.49. The minimum atomic E-state index is -0.870. The van der Waals surface area contributed by atoms with E-state index in [1.807, 2.05) is 0 Å². The highest BCUT2D eigenvalue weighted by Crippen LogP contribution is 2.27. The van der Waals surface area contributed by atoms with E-state index in [1.54, 1.807) is 0 Å². The summed E-state index contributed by atoms with van der Waals surface area (Å²) in [5.74, 6) is -2.06. The summed E-state index contributed by atoms with van der Waals surface area (Å²) in [6, 6.07) is 3.28. The van der Waals surface area contributed by atoms with Gasteiger partial charge in [0.25, 0.3) is 0 Å². The largest absolute Gasteiger partial charge is 0.468 e. The Bertz CT molecular complexity index is 437. The van der Waals surface area contributed by atoms with Gasteiger partial charge < -0.3 is 4.74 Å². The molecule has 0 amide bonds. The second-order valence-corrected chi connectivity index (χ2v) is 4.05. The first-order chi connectivity index (χ1) is 8.11. The standard InChI is InChI=1S/C12H13F2NO2/c1-17-12(16)11-5-4-10(15-11)7-2-3-8(13)9(14)6-7/h2-3,6,10-11,15H,4-5H2,1H3. The van der Waals surface area contributed by atoms with Crippen molar-refractivity contribution in [2.45, 2.75) is 24.9 Å². The maximum atomic E-state index is 13.1. The quantitative estimate of drug-likeness (QED) is 0.804. The third-order valence-electron chi connectivity index (χ3n) is 2.98. The number of carbonyl (C=O) groups excluding carboxylic acids is 1. The number of rotatable bonds is 2. The summed E-state index contributed by atoms with van der Waals surface area (Å²) in [5.41, 5.74) is 0.648. The van der Waals surface area contributed by atoms with Gasteiger partial charge in [-0.25, -0.2) is 8.78 Å². The van der Waals surface area contributed by atoms with E-state index in [4.69, 9.17) is 0 Å². The molecule has 0 aromatic heterocycles. The van der Waals surface area contributed by atoms with Gasteiger partial charge in [0.2, 0.25) is 0 Å². The van der Waals surface area contributed by atoms with Crippen LogP contribution in [0.5, 0.6) is 0 Å². The van der Waals surface area contributed by atoms with Crippen LogP contribution >= 0.6 is 0 Å². The molecule has 5 heteroatoms. The number of ether oxygens (including phenoxy) is 1. The van der Waals surface area contributed by atoms with Gasteiger partial charge in [-0.2, -0.15) is 0 Å². The van der Waals surface area contributed by atoms with Crippen molar-refractivity contribution >= 4 is 5.97 Å². The average Bonchev–Trinajstić information content (AvgIpc) is 2.81. The van der Waals surface area contributed by atoms with Crippen molar-refractivity contribution in [3.63, 3.8) is 0 Å². The van der Waals surface area contributed by atoms with Gasteiger partial charge in [-0.1, -0.05) is 6.07 Å². The zero-order valence-electron chi connectivity index (χ0n) is 9.37. The Morgan fingerprint density at radius 1 is 1.35 bits per heavy atom. The number of hydrogen-bond acceptors (Lipinski definition) is 3. The molecule has 1 aliphatic rings. The van der Waals surface area contributed by atoms with E-state index in [0.717, 1.165) is 12.1 Å². The molecule has 92 valence electrons. The van der Waals surface area contributed by atoms with Crippen LogP contribution in [0.4, 0.5) is 8.78 Å². The Kier molecular flexibility index (Phi) is 3.38. The molecule has 0 saturated carbocycles. The van der Waals surface area contributed by atoms with Gasteiger partial charge in [-0.05, 0) is 30.5 Å². The van der Waals surface area contributed by atoms with Crippen molar-refractivity contribution in [3.05, 3.63) is 35.4 Å². The molecule has 1 aliphatic heterocycles. The highest BCUT2D eigenvalue weighted by atomic mass is 19.2. The molecule has 17 heavy (non-hydrogen) atoms. The smallest absolute Gasteiger partial charge is 0.322 e. The topological polar surface area (TPSA) is 38.3 Å². The molecule has 2 rings (SSSR count). The zero-order valence-corrected chi connectivity index (χ0v) is 9.37. The van der Waals surface area contributed by atoms with Gasteiger partial charge in [0, 0.05) is 6.04 Å². The molecule has 3 nitrogen and oxygen atoms in total. The lowest BCUT2D eigenvalue weighted by Crippen LogP contribution is -2.33. The zero-order chi connectivity index (χ0) is 12.4. The Labute approximate surface area is 97.8 Å². The van der Waals surface area contributed by atoms with Gasteiger partial charge in [-0.3, -0.25) is 10.1 Å². The van der Waals surface area contributed by atoms with Crippen LogP contribution in [0.2, 0.25) is 0 Å². The molecule has 0 spiro atoms. The molecule has 1 heterocycles. The molecule has 2 atom stereocenters. The molecule has 0 radical (unpaired) electrons. The molecule has 0 bridgehead atoms. The van der Waals surface area contributed by atoms with E-state index in [-0.39, 0.29) is 18.1 Å². The van der Waals surface area contributed by atoms with Crippen LogP contribution in [-0.4, -0.2) is 19.1 Å². The fourth-order valence-electron chi connectivity index (χ4n) is 2.06. The van der Waals surface area contributed by atoms with Crippen molar-refractivity contribution < 1.29 is 18.3 Å². The monoisotopic (exact) mass is 241 g/mol. The van der Waals surface area contributed by atoms with Crippen molar-refractivity contribution in [1.82, 2.24) is 5.32 Å². The summed E-state index contributed by atoms with van der Waals surface area (Å²) in [6.07, 6.45) is 1.33. The molecule has 1 fully saturated rings. The highest BCUT2D eigenvalue weighted by molar-refractivity contribution is 5.76. The number of esters is 1. The lowest BCUT2D eigenvalue weighted by atomic mass is 10.1. The van der Waals surface area contributed by atoms with Crippen molar-refractivity contribution in [1.29, 1.82) is 0 Å². The predicted molar refractivity (Wildman–Crippen MR) is 57.3 cm³/mol. The first-order valence-corrected chi connectivity index (χ1v) is 5.40. The molecular weight excluding hydrogens is 228 g/mol. The first kappa shape index (κ1) is 12.0. The van der Waals surface area contributed by atoms with Crippen LogP contribution in [0.25, 0.3) is 0 Å². The minimum absolute atomic E-state index is 0.130. The number of benzene rings is 1. The number of nitrogens with one attached hydrogen (secondary N) is 1. The van der Waals surface area contributed by atoms with Crippen molar-refractivity contribution in [3.8, 4) is 0 Å². The van der Waals surface area contributed by atoms with Crippen molar-refractivity contribution in [2.24, 2.45) is 0 Å². The Morgan fingerprint density at radius 2 is 2.12 bits per heavy atom. The van der Waals surface area contributed by atoms with Gasteiger partial charge in [0.15, 0.2) is 11.6 Å². The molecular formula is C12H13F2NO2. The van der Waals surface area contributed by atoms with Crippen LogP contribution in [0.3, 0.4) is 0 Å². The Morgan fingerprint density at radius 3 is 2.76 bits per heavy atom. The molecule has 2 unspecified atom stereocenters.